The summed E-state index contributed by atoms with van der Waals surface area (Å²) in [6.45, 7) is 17.5. The van der Waals surface area contributed by atoms with Crippen molar-refractivity contribution in [3.8, 4) is 11.3 Å². The highest BCUT2D eigenvalue weighted by molar-refractivity contribution is 6.74. The van der Waals surface area contributed by atoms with Gasteiger partial charge < -0.3 is 38.7 Å². The number of hydrogen-bond acceptors (Lipinski definition) is 7. The lowest BCUT2D eigenvalue weighted by atomic mass is 9.84. The maximum Gasteiger partial charge on any atom is 0.410 e. The predicted octanol–water partition coefficient (Wildman–Crippen LogP) is 8.09. The number of imidazole rings is 1. The minimum Gasteiger partial charge on any atom is -0.444 e. The normalized spacial score (nSPS) is 19.9. The first-order valence-corrected chi connectivity index (χ1v) is 22.7. The van der Waals surface area contributed by atoms with Crippen LogP contribution >= 0.6 is 0 Å². The number of nitrogens with one attached hydrogen (secondary N) is 1. The lowest BCUT2D eigenvalue weighted by Gasteiger charge is -2.53. The number of alkyl halides is 1. The molecule has 2 aromatic carbocycles. The van der Waals surface area contributed by atoms with Crippen molar-refractivity contribution in [3.05, 3.63) is 77.8 Å². The number of likely N-dealkylation sites (tertiary alicyclic amines) is 1. The predicted molar refractivity (Wildman–Crippen MR) is 215 cm³/mol. The molecule has 3 unspecified atom stereocenters. The number of halogens is 3. The Morgan fingerprint density at radius 3 is 2.35 bits per heavy atom. The second-order valence-electron chi connectivity index (χ2n) is 18.0. The second-order valence-corrected chi connectivity index (χ2v) is 22.7. The van der Waals surface area contributed by atoms with Crippen LogP contribution in [0.2, 0.25) is 18.1 Å². The molecule has 0 radical (unpaired) electrons. The van der Waals surface area contributed by atoms with Crippen molar-refractivity contribution in [1.82, 2.24) is 24.7 Å². The van der Waals surface area contributed by atoms with Crippen LogP contribution in [-0.2, 0) is 20.4 Å². The van der Waals surface area contributed by atoms with Gasteiger partial charge in [-0.1, -0.05) is 51.1 Å². The van der Waals surface area contributed by atoms with Gasteiger partial charge in [0.05, 0.1) is 30.5 Å². The van der Waals surface area contributed by atoms with Gasteiger partial charge in [-0.25, -0.2) is 27.7 Å². The maximum atomic E-state index is 16.3. The molecule has 0 bridgehead atoms. The number of aliphatic hydroxyl groups excluding tert-OH is 1. The standard InChI is InChI=1S/C42H60F3N5O6Si/c1-28(27-51)46-38(52)50(24-30-23-49(25-34(30)45)39(53)55-40(2,3)4)36(42(17-19-54-20-18-42)56-57(8,9)41(5,6)7)37-47-35(32-21-31(43)15-16-33(32)44)26-48(37)22-29-13-11-10-12-14-29/h10-16,21,26,28,30,34,36,51H,17-20,22-25,27H2,1-9H3,(H,46,52)/t28-,30?,34?,36?/m0/s1. The quantitative estimate of drug-likeness (QED) is 0.178. The molecule has 57 heavy (non-hydrogen) atoms. The number of aliphatic hydroxyl groups is 1. The maximum absolute atomic E-state index is 16.3. The first kappa shape index (κ1) is 44.2. The van der Waals surface area contributed by atoms with Crippen molar-refractivity contribution in [2.24, 2.45) is 5.92 Å². The van der Waals surface area contributed by atoms with Crippen LogP contribution in [0, 0.1) is 17.6 Å². The first-order valence-electron chi connectivity index (χ1n) is 19.8. The van der Waals surface area contributed by atoms with Crippen molar-refractivity contribution >= 4 is 20.4 Å². The summed E-state index contributed by atoms with van der Waals surface area (Å²) in [5.41, 5.74) is -1.00. The van der Waals surface area contributed by atoms with E-state index in [1.54, 1.807) is 33.9 Å². The van der Waals surface area contributed by atoms with Gasteiger partial charge in [0.25, 0.3) is 0 Å². The van der Waals surface area contributed by atoms with Gasteiger partial charge in [-0.05, 0) is 69.6 Å². The third-order valence-corrected chi connectivity index (χ3v) is 15.7. The van der Waals surface area contributed by atoms with Crippen molar-refractivity contribution in [2.45, 2.75) is 115 Å². The number of ether oxygens (including phenoxy) is 2. The number of urea groups is 1. The lowest BCUT2D eigenvalue weighted by molar-refractivity contribution is -0.102. The molecule has 2 aliphatic rings. The fourth-order valence-electron chi connectivity index (χ4n) is 7.22. The van der Waals surface area contributed by atoms with E-state index in [1.807, 2.05) is 34.9 Å². The highest BCUT2D eigenvalue weighted by atomic mass is 28.4. The van der Waals surface area contributed by atoms with E-state index < -0.39 is 67.5 Å². The summed E-state index contributed by atoms with van der Waals surface area (Å²) >= 11 is 0. The smallest absolute Gasteiger partial charge is 0.410 e. The zero-order chi connectivity index (χ0) is 41.9. The average molecular weight is 816 g/mol. The van der Waals surface area contributed by atoms with Crippen LogP contribution in [0.3, 0.4) is 0 Å². The molecule has 1 aromatic heterocycles. The van der Waals surface area contributed by atoms with E-state index in [2.05, 4.69) is 39.2 Å². The van der Waals surface area contributed by atoms with Crippen molar-refractivity contribution in [2.75, 3.05) is 39.5 Å². The summed E-state index contributed by atoms with van der Waals surface area (Å²) in [5.74, 6) is -1.85. The largest absolute Gasteiger partial charge is 0.444 e. The van der Waals surface area contributed by atoms with Crippen molar-refractivity contribution in [3.63, 3.8) is 0 Å². The molecular weight excluding hydrogens is 756 g/mol. The molecule has 0 saturated carbocycles. The van der Waals surface area contributed by atoms with Gasteiger partial charge in [0.2, 0.25) is 0 Å². The van der Waals surface area contributed by atoms with Crippen LogP contribution in [0.15, 0.2) is 54.7 Å². The van der Waals surface area contributed by atoms with E-state index >= 15 is 8.78 Å². The molecule has 2 N–H and O–H groups in total. The fourth-order valence-corrected chi connectivity index (χ4v) is 8.86. The Morgan fingerprint density at radius 2 is 1.74 bits per heavy atom. The average Bonchev–Trinajstić information content (AvgIpc) is 3.70. The Hall–Kier alpha value is -3.92. The van der Waals surface area contributed by atoms with E-state index in [9.17, 15) is 19.1 Å². The van der Waals surface area contributed by atoms with E-state index in [0.717, 1.165) is 23.8 Å². The Morgan fingerprint density at radius 1 is 1.07 bits per heavy atom. The number of aromatic nitrogens is 2. The van der Waals surface area contributed by atoms with Gasteiger partial charge in [-0.2, -0.15) is 0 Å². The van der Waals surface area contributed by atoms with Crippen LogP contribution in [0.1, 0.15) is 78.7 Å². The number of benzene rings is 2. The van der Waals surface area contributed by atoms with Crippen LogP contribution in [0.25, 0.3) is 11.3 Å². The van der Waals surface area contributed by atoms with E-state index in [0.29, 0.717) is 31.9 Å². The Bertz CT molecular complexity index is 1840. The minimum absolute atomic E-state index is 0.0282. The van der Waals surface area contributed by atoms with E-state index in [4.69, 9.17) is 18.9 Å². The van der Waals surface area contributed by atoms with Gasteiger partial charge in [-0.3, -0.25) is 0 Å². The zero-order valence-electron chi connectivity index (χ0n) is 34.8. The van der Waals surface area contributed by atoms with Gasteiger partial charge >= 0.3 is 12.1 Å². The van der Waals surface area contributed by atoms with Crippen LogP contribution < -0.4 is 5.32 Å². The van der Waals surface area contributed by atoms with Crippen molar-refractivity contribution in [1.29, 1.82) is 0 Å². The molecule has 3 amide bonds. The molecule has 3 aromatic rings. The number of carbonyl (C=O) groups excluding carboxylic acids is 2. The molecule has 5 rings (SSSR count). The Balaban J connectivity index is 1.76. The van der Waals surface area contributed by atoms with Gasteiger partial charge in [0.15, 0.2) is 8.32 Å². The molecule has 2 saturated heterocycles. The monoisotopic (exact) mass is 815 g/mol. The zero-order valence-corrected chi connectivity index (χ0v) is 35.8. The molecule has 4 atom stereocenters. The molecular formula is C42H60F3N5O6Si. The second kappa shape index (κ2) is 17.5. The highest BCUT2D eigenvalue weighted by Crippen LogP contribution is 2.49. The van der Waals surface area contributed by atoms with Gasteiger partial charge in [0, 0.05) is 63.4 Å². The van der Waals surface area contributed by atoms with Crippen molar-refractivity contribution < 1.29 is 41.8 Å². The topological polar surface area (TPSA) is 118 Å². The highest BCUT2D eigenvalue weighted by Gasteiger charge is 2.55. The number of nitrogens with zero attached hydrogens (tertiary/aromatic N) is 4. The molecule has 314 valence electrons. The summed E-state index contributed by atoms with van der Waals surface area (Å²) < 4.78 is 67.5. The summed E-state index contributed by atoms with van der Waals surface area (Å²) in [6, 6.07) is 10.4. The molecule has 0 aliphatic carbocycles. The SMILES string of the molecule is C[C@@H](CO)NC(=O)N(CC1CN(C(=O)OC(C)(C)C)CC1F)C(c1nc(-c2cc(F)ccc2F)cn1Cc1ccccc1)C1(O[Si](C)(C)C(C)(C)C)CCOCC1. The van der Waals surface area contributed by atoms with Gasteiger partial charge in [-0.15, -0.1) is 0 Å². The summed E-state index contributed by atoms with van der Waals surface area (Å²) in [7, 11) is -2.70. The Kier molecular flexibility index (Phi) is 13.6. The lowest BCUT2D eigenvalue weighted by Crippen LogP contribution is -2.61. The summed E-state index contributed by atoms with van der Waals surface area (Å²) in [4.78, 5) is 36.0. The van der Waals surface area contributed by atoms with Crippen LogP contribution in [0.5, 0.6) is 0 Å². The molecule has 2 aliphatic heterocycles. The molecule has 2 fully saturated rings. The van der Waals surface area contributed by atoms with Gasteiger partial charge in [0.1, 0.15) is 35.3 Å². The number of hydrogen-bond donors (Lipinski definition) is 2. The molecule has 3 heterocycles. The number of amides is 3. The fraction of sp³-hybridized carbons (Fsp3) is 0.595. The van der Waals surface area contributed by atoms with E-state index in [1.165, 1.54) is 9.80 Å². The number of carbonyl (C=O) groups is 2. The molecule has 11 nitrogen and oxygen atoms in total. The first-order chi connectivity index (χ1) is 26.6. The molecule has 0 spiro atoms. The summed E-state index contributed by atoms with van der Waals surface area (Å²) in [5, 5.41) is 12.7. The number of rotatable bonds is 12. The Labute approximate surface area is 336 Å². The van der Waals surface area contributed by atoms with E-state index in [-0.39, 0.29) is 49.1 Å². The summed E-state index contributed by atoms with van der Waals surface area (Å²) in [6.07, 6.45) is 0.141. The third kappa shape index (κ3) is 10.6. The minimum atomic E-state index is -2.70. The van der Waals surface area contributed by atoms with Crippen LogP contribution in [0.4, 0.5) is 22.8 Å². The third-order valence-electron chi connectivity index (χ3n) is 11.2. The molecule has 15 heteroatoms. The van der Waals surface area contributed by atoms with Crippen LogP contribution in [-0.4, -0.2) is 108 Å².